The van der Waals surface area contributed by atoms with Crippen LogP contribution in [-0.4, -0.2) is 76.2 Å². The number of nitrogens with two attached hydrogens (primary N) is 1. The Morgan fingerprint density at radius 2 is 1.89 bits per heavy atom. The van der Waals surface area contributed by atoms with Crippen molar-refractivity contribution in [2.75, 3.05) is 25.1 Å². The molecule has 2 fully saturated rings. The van der Waals surface area contributed by atoms with Crippen molar-refractivity contribution in [1.29, 1.82) is 0 Å². The first kappa shape index (κ1) is 24.3. The third-order valence-corrected chi connectivity index (χ3v) is 7.05. The van der Waals surface area contributed by atoms with Crippen LogP contribution in [0.2, 0.25) is 0 Å². The fraction of sp³-hybridized carbons (Fsp3) is 0.320. The zero-order valence-electron chi connectivity index (χ0n) is 19.9. The number of amides is 3. The van der Waals surface area contributed by atoms with Crippen LogP contribution < -0.4 is 10.6 Å². The molecular weight excluding hydrogens is 482 g/mol. The molecule has 2 saturated heterocycles. The van der Waals surface area contributed by atoms with E-state index in [-0.39, 0.29) is 30.9 Å². The Balaban J connectivity index is 1.34. The van der Waals surface area contributed by atoms with E-state index in [1.165, 1.54) is 34.1 Å². The van der Waals surface area contributed by atoms with E-state index in [0.29, 0.717) is 23.2 Å². The van der Waals surface area contributed by atoms with Crippen molar-refractivity contribution in [3.63, 3.8) is 0 Å². The number of piperidine rings is 1. The molecule has 0 radical (unpaired) electrons. The lowest BCUT2D eigenvalue weighted by Crippen LogP contribution is -2.74. The standard InChI is InChI=1S/C25H25N5O7/c1-28(15-7-10-27-11-8-15)24(33)36-13-17-16-9-12-29(21(31)18(26)14-5-3-2-4-6-14)20-19(16)30(22(20)32)23(17)37-25(34)35/h2-8,10-11,16,18-20H,9,12-13,26H2,1H3,(H,34,35)/t16?,18-,19-,20+/m1/s1. The van der Waals surface area contributed by atoms with Crippen molar-refractivity contribution in [2.24, 2.45) is 11.7 Å². The first-order chi connectivity index (χ1) is 17.8. The SMILES string of the molecule is CN(C(=O)OCC1=C(OC(=O)O)N2C(=O)[C@@H]3[C@H]2C1CCN3C(=O)[C@H](N)c1ccccc1)c1ccncc1. The molecule has 3 aliphatic rings. The van der Waals surface area contributed by atoms with Gasteiger partial charge in [0.25, 0.3) is 5.91 Å². The van der Waals surface area contributed by atoms with Gasteiger partial charge in [-0.1, -0.05) is 30.3 Å². The molecule has 1 aromatic carbocycles. The van der Waals surface area contributed by atoms with Gasteiger partial charge in [-0.05, 0) is 24.1 Å². The maximum absolute atomic E-state index is 13.2. The van der Waals surface area contributed by atoms with Crippen molar-refractivity contribution in [2.45, 2.75) is 24.5 Å². The number of ether oxygens (including phenoxy) is 2. The van der Waals surface area contributed by atoms with Crippen LogP contribution >= 0.6 is 0 Å². The van der Waals surface area contributed by atoms with Gasteiger partial charge in [-0.3, -0.25) is 24.4 Å². The lowest BCUT2D eigenvalue weighted by molar-refractivity contribution is -0.170. The minimum Gasteiger partial charge on any atom is -0.449 e. The molecule has 5 rings (SSSR count). The van der Waals surface area contributed by atoms with Gasteiger partial charge in [-0.15, -0.1) is 0 Å². The highest BCUT2D eigenvalue weighted by molar-refractivity contribution is 5.97. The van der Waals surface area contributed by atoms with Gasteiger partial charge >= 0.3 is 12.2 Å². The number of hydrogen-bond acceptors (Lipinski definition) is 8. The van der Waals surface area contributed by atoms with Crippen LogP contribution in [0.1, 0.15) is 18.0 Å². The fourth-order valence-electron chi connectivity index (χ4n) is 5.23. The summed E-state index contributed by atoms with van der Waals surface area (Å²) in [4.78, 5) is 58.4. The number of anilines is 1. The Morgan fingerprint density at radius 3 is 2.57 bits per heavy atom. The summed E-state index contributed by atoms with van der Waals surface area (Å²) in [5, 5.41) is 9.30. The van der Waals surface area contributed by atoms with Gasteiger partial charge in [-0.2, -0.15) is 0 Å². The van der Waals surface area contributed by atoms with Crippen molar-refractivity contribution >= 4 is 29.8 Å². The Morgan fingerprint density at radius 1 is 1.19 bits per heavy atom. The third kappa shape index (κ3) is 4.14. The first-order valence-corrected chi connectivity index (χ1v) is 11.7. The molecule has 0 aliphatic carbocycles. The van der Waals surface area contributed by atoms with Crippen LogP contribution in [0.5, 0.6) is 0 Å². The number of aromatic nitrogens is 1. The van der Waals surface area contributed by atoms with Crippen LogP contribution in [0, 0.1) is 5.92 Å². The molecule has 12 heteroatoms. The average Bonchev–Trinajstić information content (AvgIpc) is 3.21. The summed E-state index contributed by atoms with van der Waals surface area (Å²) in [5.41, 5.74) is 7.79. The summed E-state index contributed by atoms with van der Waals surface area (Å²) in [6.45, 7) is -0.0362. The number of rotatable bonds is 6. The molecule has 3 amide bonds. The molecule has 0 saturated carbocycles. The van der Waals surface area contributed by atoms with Gasteiger partial charge < -0.3 is 25.2 Å². The van der Waals surface area contributed by atoms with Crippen LogP contribution in [0.15, 0.2) is 66.3 Å². The number of β-lactam (4-membered cyclic amide) rings is 1. The fourth-order valence-corrected chi connectivity index (χ4v) is 5.23. The van der Waals surface area contributed by atoms with Crippen molar-refractivity contribution < 1.29 is 33.8 Å². The Hall–Kier alpha value is -4.45. The normalized spacial score (nSPS) is 22.6. The monoisotopic (exact) mass is 507 g/mol. The van der Waals surface area contributed by atoms with E-state index >= 15 is 0 Å². The van der Waals surface area contributed by atoms with Gasteiger partial charge in [0.2, 0.25) is 11.8 Å². The van der Waals surface area contributed by atoms with Gasteiger partial charge in [-0.25, -0.2) is 9.59 Å². The van der Waals surface area contributed by atoms with Crippen molar-refractivity contribution in [1.82, 2.24) is 14.8 Å². The topological polar surface area (TPSA) is 156 Å². The van der Waals surface area contributed by atoms with E-state index in [9.17, 15) is 24.3 Å². The largest absolute Gasteiger partial charge is 0.512 e. The lowest BCUT2D eigenvalue weighted by atomic mass is 9.78. The summed E-state index contributed by atoms with van der Waals surface area (Å²) in [6.07, 6.45) is 1.21. The van der Waals surface area contributed by atoms with E-state index in [1.54, 1.807) is 36.4 Å². The predicted molar refractivity (Wildman–Crippen MR) is 128 cm³/mol. The van der Waals surface area contributed by atoms with Crippen LogP contribution in [0.25, 0.3) is 0 Å². The number of carboxylic acid groups (broad SMARTS) is 1. The number of nitrogens with zero attached hydrogens (tertiary/aromatic N) is 4. The smallest absolute Gasteiger partial charge is 0.449 e. The van der Waals surface area contributed by atoms with Crippen LogP contribution in [0.3, 0.4) is 0 Å². The second kappa shape index (κ2) is 9.54. The van der Waals surface area contributed by atoms with Gasteiger partial charge in [0.05, 0.1) is 6.04 Å². The second-order valence-electron chi connectivity index (χ2n) is 8.98. The maximum atomic E-state index is 13.2. The highest BCUT2D eigenvalue weighted by Gasteiger charge is 2.64. The summed E-state index contributed by atoms with van der Waals surface area (Å²) >= 11 is 0. The van der Waals surface area contributed by atoms with E-state index < -0.39 is 36.3 Å². The van der Waals surface area contributed by atoms with Crippen LogP contribution in [0.4, 0.5) is 15.3 Å². The maximum Gasteiger partial charge on any atom is 0.512 e. The number of benzene rings is 1. The Labute approximate surface area is 211 Å². The molecule has 0 spiro atoms. The molecule has 4 atom stereocenters. The number of carbonyl (C=O) groups is 4. The number of carbonyl (C=O) groups excluding carboxylic acids is 3. The molecule has 1 aromatic heterocycles. The summed E-state index contributed by atoms with van der Waals surface area (Å²) in [5.74, 6) is -1.35. The highest BCUT2D eigenvalue weighted by Crippen LogP contribution is 2.49. The predicted octanol–water partition coefficient (Wildman–Crippen LogP) is 1.70. The lowest BCUT2D eigenvalue weighted by Gasteiger charge is -2.53. The highest BCUT2D eigenvalue weighted by atomic mass is 16.7. The molecule has 1 unspecified atom stereocenters. The molecule has 192 valence electrons. The number of hydrogen-bond donors (Lipinski definition) is 2. The quantitative estimate of drug-likeness (QED) is 0.439. The molecule has 4 heterocycles. The van der Waals surface area contributed by atoms with Crippen molar-refractivity contribution in [3.8, 4) is 0 Å². The molecule has 37 heavy (non-hydrogen) atoms. The minimum atomic E-state index is -1.60. The zero-order valence-corrected chi connectivity index (χ0v) is 19.9. The summed E-state index contributed by atoms with van der Waals surface area (Å²) in [7, 11) is 1.53. The molecule has 2 aromatic rings. The molecule has 0 bridgehead atoms. The second-order valence-corrected chi connectivity index (χ2v) is 8.98. The average molecular weight is 508 g/mol. The van der Waals surface area contributed by atoms with E-state index in [2.05, 4.69) is 4.98 Å². The van der Waals surface area contributed by atoms with Gasteiger partial charge in [0.1, 0.15) is 18.7 Å². The third-order valence-electron chi connectivity index (χ3n) is 7.05. The van der Waals surface area contributed by atoms with Crippen molar-refractivity contribution in [3.05, 3.63) is 71.9 Å². The van der Waals surface area contributed by atoms with Gasteiger partial charge in [0.15, 0.2) is 0 Å². The first-order valence-electron chi connectivity index (χ1n) is 11.7. The minimum absolute atomic E-state index is 0.162. The van der Waals surface area contributed by atoms with E-state index in [0.717, 1.165) is 0 Å². The molecule has 3 aliphatic heterocycles. The molecule has 3 N–H and O–H groups in total. The van der Waals surface area contributed by atoms with Gasteiger partial charge in [0, 0.05) is 43.2 Å². The molecule has 12 nitrogen and oxygen atoms in total. The molecular formula is C25H25N5O7. The summed E-state index contributed by atoms with van der Waals surface area (Å²) < 4.78 is 10.5. The zero-order chi connectivity index (χ0) is 26.3. The Kier molecular flexibility index (Phi) is 6.25. The van der Waals surface area contributed by atoms with E-state index in [1.807, 2.05) is 6.07 Å². The van der Waals surface area contributed by atoms with E-state index in [4.69, 9.17) is 15.2 Å². The Bertz CT molecular complexity index is 1270. The number of pyridine rings is 1. The number of likely N-dealkylation sites (tertiary alicyclic amines) is 1. The van der Waals surface area contributed by atoms with Crippen LogP contribution in [-0.2, 0) is 19.1 Å². The summed E-state index contributed by atoms with van der Waals surface area (Å²) in [6, 6.07) is 9.88.